The van der Waals surface area contributed by atoms with Crippen molar-refractivity contribution in [2.24, 2.45) is 11.5 Å². The molecule has 0 heterocycles. The molecule has 0 spiro atoms. The number of nitrogens with two attached hydrogens (primary N) is 2. The van der Waals surface area contributed by atoms with Gasteiger partial charge in [0.2, 0.25) is 0 Å². The number of hydrogen-bond donors (Lipinski definition) is 2. The monoisotopic (exact) mass is 211 g/mol. The molecule has 0 amide bonds. The first-order valence-corrected chi connectivity index (χ1v) is 5.33. The van der Waals surface area contributed by atoms with Crippen LogP contribution in [0.5, 0.6) is 0 Å². The molecule has 0 aliphatic rings. The maximum Gasteiger partial charge on any atom is 0.0184 e. The fourth-order valence-corrected chi connectivity index (χ4v) is 1.78. The Hall–Kier alpha value is -1.64. The zero-order chi connectivity index (χ0) is 11.4. The largest absolute Gasteiger partial charge is 0.326 e. The lowest BCUT2D eigenvalue weighted by atomic mass is 9.98. The van der Waals surface area contributed by atoms with Crippen LogP contribution in [0.1, 0.15) is 11.1 Å². The third-order valence-electron chi connectivity index (χ3n) is 2.64. The molecule has 0 aliphatic heterocycles. The highest BCUT2D eigenvalue weighted by Crippen LogP contribution is 2.23. The Labute approximate surface area is 95.9 Å². The van der Waals surface area contributed by atoms with Crippen molar-refractivity contribution in [1.82, 2.24) is 0 Å². The molecule has 2 aromatic rings. The summed E-state index contributed by atoms with van der Waals surface area (Å²) in [6, 6.07) is 17.2. The molecule has 0 aliphatic carbocycles. The molecular weight excluding hydrogens is 196 g/mol. The van der Waals surface area contributed by atoms with Gasteiger partial charge in [0.1, 0.15) is 0 Å². The van der Waals surface area contributed by atoms with Crippen LogP contribution in [0.2, 0.25) is 0 Å². The standard InChI is InChI=1S/C14H15N2/c15-9-11-4-3-6-12(8-11)14-7-2-1-5-13(14)10-16/h2-8H,9-10,15-16H2. The molecule has 81 valence electrons. The summed E-state index contributed by atoms with van der Waals surface area (Å²) in [5.74, 6) is 0. The first-order valence-electron chi connectivity index (χ1n) is 5.33. The molecule has 16 heavy (non-hydrogen) atoms. The molecular formula is C14H15N2. The van der Waals surface area contributed by atoms with Crippen LogP contribution in [0.4, 0.5) is 0 Å². The number of rotatable bonds is 3. The predicted molar refractivity (Wildman–Crippen MR) is 66.5 cm³/mol. The smallest absolute Gasteiger partial charge is 0.0184 e. The van der Waals surface area contributed by atoms with E-state index in [1.807, 2.05) is 30.3 Å². The van der Waals surface area contributed by atoms with E-state index in [1.165, 1.54) is 0 Å². The van der Waals surface area contributed by atoms with Crippen LogP contribution in [-0.2, 0) is 13.1 Å². The normalized spacial score (nSPS) is 10.4. The van der Waals surface area contributed by atoms with Crippen molar-refractivity contribution in [2.75, 3.05) is 0 Å². The zero-order valence-electron chi connectivity index (χ0n) is 9.11. The summed E-state index contributed by atoms with van der Waals surface area (Å²) in [4.78, 5) is 0. The first-order chi connectivity index (χ1) is 7.85. The zero-order valence-corrected chi connectivity index (χ0v) is 9.11. The van der Waals surface area contributed by atoms with Gasteiger partial charge in [-0.2, -0.15) is 0 Å². The topological polar surface area (TPSA) is 52.0 Å². The maximum atomic E-state index is 5.71. The van der Waals surface area contributed by atoms with Crippen LogP contribution >= 0.6 is 0 Å². The SMILES string of the molecule is NCc1cccc(-c2cc[c]cc2CN)c1. The first kappa shape index (κ1) is 10.9. The van der Waals surface area contributed by atoms with E-state index in [0.717, 1.165) is 22.3 Å². The van der Waals surface area contributed by atoms with E-state index >= 15 is 0 Å². The van der Waals surface area contributed by atoms with Crippen LogP contribution in [0.25, 0.3) is 11.1 Å². The van der Waals surface area contributed by atoms with E-state index in [2.05, 4.69) is 18.2 Å². The number of hydrogen-bond acceptors (Lipinski definition) is 2. The Kier molecular flexibility index (Phi) is 3.34. The maximum absolute atomic E-state index is 5.71. The lowest BCUT2D eigenvalue weighted by Crippen LogP contribution is -2.00. The summed E-state index contributed by atoms with van der Waals surface area (Å²) in [5.41, 5.74) is 15.9. The van der Waals surface area contributed by atoms with Crippen molar-refractivity contribution in [3.05, 3.63) is 59.7 Å². The van der Waals surface area contributed by atoms with Gasteiger partial charge in [-0.15, -0.1) is 0 Å². The van der Waals surface area contributed by atoms with Crippen LogP contribution in [-0.4, -0.2) is 0 Å². The third kappa shape index (κ3) is 2.13. The predicted octanol–water partition coefficient (Wildman–Crippen LogP) is 2.07. The van der Waals surface area contributed by atoms with Gasteiger partial charge in [0, 0.05) is 13.1 Å². The van der Waals surface area contributed by atoms with Crippen LogP contribution < -0.4 is 11.5 Å². The van der Waals surface area contributed by atoms with Gasteiger partial charge in [0.15, 0.2) is 0 Å². The van der Waals surface area contributed by atoms with Crippen molar-refractivity contribution in [2.45, 2.75) is 13.1 Å². The highest BCUT2D eigenvalue weighted by molar-refractivity contribution is 5.67. The van der Waals surface area contributed by atoms with E-state index < -0.39 is 0 Å². The molecule has 0 fully saturated rings. The van der Waals surface area contributed by atoms with Crippen molar-refractivity contribution >= 4 is 0 Å². The molecule has 0 atom stereocenters. The second-order valence-electron chi connectivity index (χ2n) is 3.69. The number of benzene rings is 2. The molecule has 0 saturated carbocycles. The molecule has 0 saturated heterocycles. The molecule has 0 bridgehead atoms. The fraction of sp³-hybridized carbons (Fsp3) is 0.143. The molecule has 2 heteroatoms. The van der Waals surface area contributed by atoms with Crippen LogP contribution in [0.3, 0.4) is 0 Å². The summed E-state index contributed by atoms with van der Waals surface area (Å²) < 4.78 is 0. The van der Waals surface area contributed by atoms with Crippen molar-refractivity contribution in [1.29, 1.82) is 0 Å². The van der Waals surface area contributed by atoms with E-state index in [0.29, 0.717) is 13.1 Å². The quantitative estimate of drug-likeness (QED) is 0.816. The van der Waals surface area contributed by atoms with E-state index in [1.54, 1.807) is 0 Å². The molecule has 1 radical (unpaired) electrons. The molecule has 0 unspecified atom stereocenters. The van der Waals surface area contributed by atoms with Gasteiger partial charge in [-0.05, 0) is 40.5 Å². The van der Waals surface area contributed by atoms with Crippen molar-refractivity contribution < 1.29 is 0 Å². The molecule has 2 nitrogen and oxygen atoms in total. The summed E-state index contributed by atoms with van der Waals surface area (Å²) >= 11 is 0. The summed E-state index contributed by atoms with van der Waals surface area (Å²) in [7, 11) is 0. The Morgan fingerprint density at radius 3 is 2.69 bits per heavy atom. The Morgan fingerprint density at radius 1 is 1.06 bits per heavy atom. The van der Waals surface area contributed by atoms with Gasteiger partial charge < -0.3 is 11.5 Å². The second kappa shape index (κ2) is 4.92. The Morgan fingerprint density at radius 2 is 1.94 bits per heavy atom. The average molecular weight is 211 g/mol. The summed E-state index contributed by atoms with van der Waals surface area (Å²) in [6.07, 6.45) is 0. The second-order valence-corrected chi connectivity index (χ2v) is 3.69. The highest BCUT2D eigenvalue weighted by Gasteiger charge is 2.03. The fourth-order valence-electron chi connectivity index (χ4n) is 1.78. The van der Waals surface area contributed by atoms with E-state index in [-0.39, 0.29) is 0 Å². The minimum atomic E-state index is 0.527. The van der Waals surface area contributed by atoms with Gasteiger partial charge in [0.05, 0.1) is 0 Å². The molecule has 4 N–H and O–H groups in total. The van der Waals surface area contributed by atoms with Crippen molar-refractivity contribution in [3.8, 4) is 11.1 Å². The molecule has 2 aromatic carbocycles. The summed E-state index contributed by atoms with van der Waals surface area (Å²) in [6.45, 7) is 1.09. The third-order valence-corrected chi connectivity index (χ3v) is 2.64. The van der Waals surface area contributed by atoms with E-state index in [9.17, 15) is 0 Å². The van der Waals surface area contributed by atoms with Gasteiger partial charge in [-0.25, -0.2) is 0 Å². The molecule has 2 rings (SSSR count). The van der Waals surface area contributed by atoms with Crippen LogP contribution in [0.15, 0.2) is 42.5 Å². The highest BCUT2D eigenvalue weighted by atomic mass is 14.5. The minimum absolute atomic E-state index is 0.527. The van der Waals surface area contributed by atoms with Gasteiger partial charge in [-0.3, -0.25) is 0 Å². The van der Waals surface area contributed by atoms with Gasteiger partial charge in [0.25, 0.3) is 0 Å². The van der Waals surface area contributed by atoms with Crippen LogP contribution in [0, 0.1) is 6.07 Å². The minimum Gasteiger partial charge on any atom is -0.326 e. The van der Waals surface area contributed by atoms with Gasteiger partial charge >= 0.3 is 0 Å². The van der Waals surface area contributed by atoms with Crippen molar-refractivity contribution in [3.63, 3.8) is 0 Å². The van der Waals surface area contributed by atoms with Gasteiger partial charge in [-0.1, -0.05) is 30.3 Å². The average Bonchev–Trinajstić information content (AvgIpc) is 2.38. The molecule has 0 aromatic heterocycles. The lowest BCUT2D eigenvalue weighted by molar-refractivity contribution is 1.06. The van der Waals surface area contributed by atoms with E-state index in [4.69, 9.17) is 11.5 Å². The Balaban J connectivity index is 2.49. The Bertz CT molecular complexity index is 478. The summed E-state index contributed by atoms with van der Waals surface area (Å²) in [5, 5.41) is 0. The lowest BCUT2D eigenvalue weighted by Gasteiger charge is -2.08.